The third-order valence-corrected chi connectivity index (χ3v) is 5.14. The second kappa shape index (κ2) is 9.95. The molecule has 2 rings (SSSR count). The van der Waals surface area contributed by atoms with Crippen LogP contribution in [0.3, 0.4) is 0 Å². The molecule has 148 valence electrons. The van der Waals surface area contributed by atoms with Crippen molar-refractivity contribution in [2.24, 2.45) is 18.0 Å². The SMILES string of the molecule is CCNC(=NCC1CCCN(CC)C1)N(C)Cc1cn(C)nc1C(C)C. The maximum atomic E-state index is 4.96. The topological polar surface area (TPSA) is 48.7 Å². The Kier molecular flexibility index (Phi) is 7.94. The number of aromatic nitrogens is 2. The summed E-state index contributed by atoms with van der Waals surface area (Å²) in [6.45, 7) is 15.0. The van der Waals surface area contributed by atoms with Gasteiger partial charge < -0.3 is 15.1 Å². The van der Waals surface area contributed by atoms with Gasteiger partial charge in [0.05, 0.1) is 5.69 Å². The van der Waals surface area contributed by atoms with Crippen molar-refractivity contribution in [1.29, 1.82) is 0 Å². The van der Waals surface area contributed by atoms with Gasteiger partial charge in [-0.25, -0.2) is 0 Å². The lowest BCUT2D eigenvalue weighted by Gasteiger charge is -2.31. The van der Waals surface area contributed by atoms with Gasteiger partial charge in [-0.15, -0.1) is 0 Å². The quantitative estimate of drug-likeness (QED) is 0.598. The highest BCUT2D eigenvalue weighted by atomic mass is 15.3. The molecule has 0 spiro atoms. The molecule has 1 aliphatic heterocycles. The fourth-order valence-corrected chi connectivity index (χ4v) is 3.77. The number of likely N-dealkylation sites (tertiary alicyclic amines) is 1. The molecule has 0 radical (unpaired) electrons. The fourth-order valence-electron chi connectivity index (χ4n) is 3.77. The molecule has 0 amide bonds. The molecule has 1 aromatic heterocycles. The zero-order valence-electron chi connectivity index (χ0n) is 17.6. The average Bonchev–Trinajstić information content (AvgIpc) is 2.99. The van der Waals surface area contributed by atoms with Crippen LogP contribution in [0.4, 0.5) is 0 Å². The van der Waals surface area contributed by atoms with Gasteiger partial charge in [0.2, 0.25) is 0 Å². The molecule has 26 heavy (non-hydrogen) atoms. The van der Waals surface area contributed by atoms with E-state index in [0.717, 1.165) is 32.1 Å². The summed E-state index contributed by atoms with van der Waals surface area (Å²) in [6.07, 6.45) is 4.73. The van der Waals surface area contributed by atoms with E-state index in [1.54, 1.807) is 0 Å². The van der Waals surface area contributed by atoms with E-state index in [0.29, 0.717) is 11.8 Å². The normalized spacial score (nSPS) is 19.2. The van der Waals surface area contributed by atoms with Crippen molar-refractivity contribution in [1.82, 2.24) is 24.9 Å². The molecule has 0 saturated carbocycles. The summed E-state index contributed by atoms with van der Waals surface area (Å²) in [5, 5.41) is 8.09. The van der Waals surface area contributed by atoms with Gasteiger partial charge in [-0.1, -0.05) is 20.8 Å². The fraction of sp³-hybridized carbons (Fsp3) is 0.800. The summed E-state index contributed by atoms with van der Waals surface area (Å²) < 4.78 is 1.92. The number of nitrogens with zero attached hydrogens (tertiary/aromatic N) is 5. The molecule has 1 N–H and O–H groups in total. The van der Waals surface area contributed by atoms with Gasteiger partial charge in [0.25, 0.3) is 0 Å². The van der Waals surface area contributed by atoms with E-state index < -0.39 is 0 Å². The first-order valence-corrected chi connectivity index (χ1v) is 10.2. The van der Waals surface area contributed by atoms with Crippen LogP contribution in [0.25, 0.3) is 0 Å². The smallest absolute Gasteiger partial charge is 0.193 e. The largest absolute Gasteiger partial charge is 0.357 e. The molecule has 1 aromatic rings. The predicted molar refractivity (Wildman–Crippen MR) is 110 cm³/mol. The Bertz CT molecular complexity index is 577. The van der Waals surface area contributed by atoms with Crippen LogP contribution in [0.2, 0.25) is 0 Å². The molecule has 0 bridgehead atoms. The molecular formula is C20H38N6. The first-order chi connectivity index (χ1) is 12.4. The Balaban J connectivity index is 2.03. The molecule has 0 aromatic carbocycles. The van der Waals surface area contributed by atoms with E-state index in [9.17, 15) is 0 Å². The number of nitrogens with one attached hydrogen (secondary N) is 1. The number of aryl methyl sites for hydroxylation is 1. The molecule has 6 nitrogen and oxygen atoms in total. The summed E-state index contributed by atoms with van der Waals surface area (Å²) in [6, 6.07) is 0. The van der Waals surface area contributed by atoms with E-state index in [4.69, 9.17) is 4.99 Å². The minimum absolute atomic E-state index is 0.432. The number of rotatable bonds is 7. The lowest BCUT2D eigenvalue weighted by molar-refractivity contribution is 0.186. The van der Waals surface area contributed by atoms with Gasteiger partial charge >= 0.3 is 0 Å². The number of piperidine rings is 1. The minimum Gasteiger partial charge on any atom is -0.357 e. The van der Waals surface area contributed by atoms with Crippen LogP contribution in [0.1, 0.15) is 57.7 Å². The average molecular weight is 363 g/mol. The van der Waals surface area contributed by atoms with Crippen molar-refractivity contribution in [3.05, 3.63) is 17.5 Å². The van der Waals surface area contributed by atoms with Crippen molar-refractivity contribution in [2.45, 2.75) is 53.0 Å². The van der Waals surface area contributed by atoms with Crippen LogP contribution < -0.4 is 5.32 Å². The number of hydrogen-bond donors (Lipinski definition) is 1. The first-order valence-electron chi connectivity index (χ1n) is 10.2. The van der Waals surface area contributed by atoms with Crippen LogP contribution >= 0.6 is 0 Å². The summed E-state index contributed by atoms with van der Waals surface area (Å²) in [5.74, 6) is 2.11. The number of hydrogen-bond acceptors (Lipinski definition) is 3. The van der Waals surface area contributed by atoms with E-state index >= 15 is 0 Å². The van der Waals surface area contributed by atoms with Gasteiger partial charge in [-0.2, -0.15) is 5.10 Å². The standard InChI is InChI=1S/C20H38N6/c1-7-21-20(22-12-17-10-9-11-26(8-2)13-17)24(5)14-18-15-25(6)23-19(18)16(3)4/h15-17H,7-14H2,1-6H3,(H,21,22). The second-order valence-corrected chi connectivity index (χ2v) is 7.82. The maximum Gasteiger partial charge on any atom is 0.193 e. The molecule has 6 heteroatoms. The molecule has 1 fully saturated rings. The highest BCUT2D eigenvalue weighted by Crippen LogP contribution is 2.19. The van der Waals surface area contributed by atoms with E-state index in [-0.39, 0.29) is 0 Å². The van der Waals surface area contributed by atoms with Crippen molar-refractivity contribution >= 4 is 5.96 Å². The highest BCUT2D eigenvalue weighted by Gasteiger charge is 2.19. The zero-order chi connectivity index (χ0) is 19.1. The first kappa shape index (κ1) is 20.7. The molecule has 1 saturated heterocycles. The number of aliphatic imine (C=N–C) groups is 1. The van der Waals surface area contributed by atoms with E-state index in [1.165, 1.54) is 37.2 Å². The summed E-state index contributed by atoms with van der Waals surface area (Å²) in [7, 11) is 4.12. The van der Waals surface area contributed by atoms with Gasteiger partial charge in [0, 0.05) is 52.0 Å². The van der Waals surface area contributed by atoms with Crippen LogP contribution in [-0.4, -0.2) is 65.3 Å². The van der Waals surface area contributed by atoms with Crippen molar-refractivity contribution < 1.29 is 0 Å². The lowest BCUT2D eigenvalue weighted by atomic mass is 9.98. The Labute approximate surface area is 159 Å². The monoisotopic (exact) mass is 362 g/mol. The summed E-state index contributed by atoms with van der Waals surface area (Å²) in [5.41, 5.74) is 2.46. The second-order valence-electron chi connectivity index (χ2n) is 7.82. The van der Waals surface area contributed by atoms with Gasteiger partial charge in [0.15, 0.2) is 5.96 Å². The van der Waals surface area contributed by atoms with Gasteiger partial charge in [-0.05, 0) is 44.7 Å². The van der Waals surface area contributed by atoms with E-state index in [2.05, 4.69) is 61.2 Å². The van der Waals surface area contributed by atoms with Crippen LogP contribution in [0.15, 0.2) is 11.2 Å². The van der Waals surface area contributed by atoms with Gasteiger partial charge in [-0.3, -0.25) is 9.67 Å². The third-order valence-electron chi connectivity index (χ3n) is 5.14. The molecule has 0 aliphatic carbocycles. The van der Waals surface area contributed by atoms with Crippen molar-refractivity contribution in [2.75, 3.05) is 39.8 Å². The Hall–Kier alpha value is -1.56. The number of guanidine groups is 1. The van der Waals surface area contributed by atoms with Gasteiger partial charge in [0.1, 0.15) is 0 Å². The Morgan fingerprint density at radius 1 is 1.42 bits per heavy atom. The Morgan fingerprint density at radius 2 is 2.19 bits per heavy atom. The van der Waals surface area contributed by atoms with Crippen molar-refractivity contribution in [3.63, 3.8) is 0 Å². The lowest BCUT2D eigenvalue weighted by Crippen LogP contribution is -2.40. The van der Waals surface area contributed by atoms with Crippen LogP contribution in [-0.2, 0) is 13.6 Å². The summed E-state index contributed by atoms with van der Waals surface area (Å²) in [4.78, 5) is 9.74. The maximum absolute atomic E-state index is 4.96. The molecule has 1 atom stereocenters. The predicted octanol–water partition coefficient (Wildman–Crippen LogP) is 2.67. The minimum atomic E-state index is 0.432. The van der Waals surface area contributed by atoms with Crippen LogP contribution in [0.5, 0.6) is 0 Å². The Morgan fingerprint density at radius 3 is 2.85 bits per heavy atom. The zero-order valence-corrected chi connectivity index (χ0v) is 17.6. The van der Waals surface area contributed by atoms with Crippen molar-refractivity contribution in [3.8, 4) is 0 Å². The molecular weight excluding hydrogens is 324 g/mol. The highest BCUT2D eigenvalue weighted by molar-refractivity contribution is 5.79. The van der Waals surface area contributed by atoms with Crippen LogP contribution in [0, 0.1) is 5.92 Å². The molecule has 2 heterocycles. The van der Waals surface area contributed by atoms with E-state index in [1.807, 2.05) is 11.7 Å². The third kappa shape index (κ3) is 5.73. The molecule has 1 unspecified atom stereocenters. The molecule has 1 aliphatic rings. The summed E-state index contributed by atoms with van der Waals surface area (Å²) >= 11 is 0.